The number of nitrogens with one attached hydrogen (secondary N) is 1. The Bertz CT molecular complexity index is 504. The van der Waals surface area contributed by atoms with Crippen molar-refractivity contribution in [3.8, 4) is 0 Å². The molecule has 0 unspecified atom stereocenters. The van der Waals surface area contributed by atoms with Gasteiger partial charge < -0.3 is 9.32 Å². The Morgan fingerprint density at radius 1 is 1.35 bits per heavy atom. The lowest BCUT2D eigenvalue weighted by atomic mass is 10.2. The molecule has 20 heavy (non-hydrogen) atoms. The highest BCUT2D eigenvalue weighted by Gasteiger charge is 2.21. The third-order valence-corrected chi connectivity index (χ3v) is 3.54. The predicted molar refractivity (Wildman–Crippen MR) is 72.6 cm³/mol. The van der Waals surface area contributed by atoms with Crippen molar-refractivity contribution in [1.29, 1.82) is 0 Å². The summed E-state index contributed by atoms with van der Waals surface area (Å²) in [5.41, 5.74) is 2.56. The molecular weight excluding hydrogens is 260 g/mol. The van der Waals surface area contributed by atoms with Crippen LogP contribution in [0.3, 0.4) is 0 Å². The molecular formula is C13H20N4O3. The van der Waals surface area contributed by atoms with Gasteiger partial charge in [-0.1, -0.05) is 0 Å². The second-order valence-electron chi connectivity index (χ2n) is 4.94. The van der Waals surface area contributed by atoms with Gasteiger partial charge in [-0.25, -0.2) is 5.84 Å². The summed E-state index contributed by atoms with van der Waals surface area (Å²) in [4.78, 5) is 26.8. The van der Waals surface area contributed by atoms with Gasteiger partial charge in [0.05, 0.1) is 12.1 Å². The number of carbonyl (C=O) groups excluding carboxylic acids is 2. The van der Waals surface area contributed by atoms with Crippen LogP contribution in [0.5, 0.6) is 0 Å². The van der Waals surface area contributed by atoms with Crippen molar-refractivity contribution >= 4 is 11.8 Å². The number of furan rings is 1. The van der Waals surface area contributed by atoms with E-state index in [9.17, 15) is 9.59 Å². The summed E-state index contributed by atoms with van der Waals surface area (Å²) in [6.07, 6.45) is 0. The minimum absolute atomic E-state index is 0.111. The van der Waals surface area contributed by atoms with Crippen LogP contribution in [0, 0.1) is 6.92 Å². The van der Waals surface area contributed by atoms with E-state index in [1.807, 2.05) is 4.90 Å². The highest BCUT2D eigenvalue weighted by atomic mass is 16.3. The van der Waals surface area contributed by atoms with Crippen LogP contribution in [-0.2, 0) is 11.3 Å². The Kier molecular flexibility index (Phi) is 4.41. The minimum Gasteiger partial charge on any atom is -0.464 e. The molecule has 0 aromatic carbocycles. The molecule has 0 radical (unpaired) electrons. The summed E-state index contributed by atoms with van der Waals surface area (Å²) >= 11 is 0. The van der Waals surface area contributed by atoms with Gasteiger partial charge in [0.2, 0.25) is 5.91 Å². The molecule has 0 bridgehead atoms. The molecule has 1 aromatic rings. The number of carbonyl (C=O) groups is 2. The van der Waals surface area contributed by atoms with E-state index in [1.165, 1.54) is 0 Å². The summed E-state index contributed by atoms with van der Waals surface area (Å²) in [5, 5.41) is 0. The molecule has 1 aromatic heterocycles. The highest BCUT2D eigenvalue weighted by Crippen LogP contribution is 2.17. The molecule has 2 amide bonds. The van der Waals surface area contributed by atoms with E-state index in [0.717, 1.165) is 31.9 Å². The Morgan fingerprint density at radius 2 is 2.00 bits per heavy atom. The second-order valence-corrected chi connectivity index (χ2v) is 4.94. The van der Waals surface area contributed by atoms with E-state index in [2.05, 4.69) is 10.3 Å². The van der Waals surface area contributed by atoms with Crippen LogP contribution < -0.4 is 11.3 Å². The molecule has 1 aliphatic rings. The zero-order valence-corrected chi connectivity index (χ0v) is 11.8. The molecule has 7 heteroatoms. The summed E-state index contributed by atoms with van der Waals surface area (Å²) in [5.74, 6) is 6.18. The van der Waals surface area contributed by atoms with Crippen molar-refractivity contribution in [2.24, 2.45) is 5.84 Å². The fraction of sp³-hybridized carbons (Fsp3) is 0.538. The van der Waals surface area contributed by atoms with Gasteiger partial charge in [-0.15, -0.1) is 0 Å². The highest BCUT2D eigenvalue weighted by molar-refractivity contribution is 5.94. The van der Waals surface area contributed by atoms with Crippen LogP contribution in [-0.4, -0.2) is 47.8 Å². The maximum absolute atomic E-state index is 11.5. The maximum Gasteiger partial charge on any atom is 0.268 e. The lowest BCUT2D eigenvalue weighted by Gasteiger charge is -2.33. The molecule has 7 nitrogen and oxygen atoms in total. The fourth-order valence-electron chi connectivity index (χ4n) is 2.37. The average molecular weight is 280 g/mol. The predicted octanol–water partition coefficient (Wildman–Crippen LogP) is -0.144. The smallest absolute Gasteiger partial charge is 0.268 e. The van der Waals surface area contributed by atoms with E-state index in [0.29, 0.717) is 17.9 Å². The monoisotopic (exact) mass is 280 g/mol. The summed E-state index contributed by atoms with van der Waals surface area (Å²) < 4.78 is 5.58. The molecule has 0 aliphatic carbocycles. The molecule has 0 spiro atoms. The van der Waals surface area contributed by atoms with Crippen LogP contribution in [0.4, 0.5) is 0 Å². The van der Waals surface area contributed by atoms with E-state index >= 15 is 0 Å². The Morgan fingerprint density at radius 3 is 2.55 bits per heavy atom. The zero-order valence-electron chi connectivity index (χ0n) is 11.8. The number of aryl methyl sites for hydroxylation is 1. The molecule has 2 heterocycles. The van der Waals surface area contributed by atoms with Crippen molar-refractivity contribution in [2.75, 3.05) is 26.2 Å². The Balaban J connectivity index is 1.95. The van der Waals surface area contributed by atoms with Gasteiger partial charge in [0.1, 0.15) is 11.5 Å². The molecule has 2 rings (SSSR count). The van der Waals surface area contributed by atoms with Crippen molar-refractivity contribution < 1.29 is 14.0 Å². The first-order chi connectivity index (χ1) is 9.51. The van der Waals surface area contributed by atoms with Gasteiger partial charge in [0.15, 0.2) is 0 Å². The number of nitrogen functional groups attached to an aromatic ring is 1. The SMILES string of the molecule is CC(=O)N1CCN(Cc2cc(C(=O)NN)c(C)o2)CC1. The van der Waals surface area contributed by atoms with Gasteiger partial charge in [-0.3, -0.25) is 19.9 Å². The van der Waals surface area contributed by atoms with Gasteiger partial charge >= 0.3 is 0 Å². The van der Waals surface area contributed by atoms with Crippen molar-refractivity contribution in [2.45, 2.75) is 20.4 Å². The Hall–Kier alpha value is -1.86. The molecule has 0 atom stereocenters. The first-order valence-corrected chi connectivity index (χ1v) is 6.59. The number of hydrogen-bond acceptors (Lipinski definition) is 5. The fourth-order valence-corrected chi connectivity index (χ4v) is 2.37. The number of hydrazine groups is 1. The Labute approximate surface area is 117 Å². The number of hydrogen-bond donors (Lipinski definition) is 2. The normalized spacial score (nSPS) is 16.2. The lowest BCUT2D eigenvalue weighted by molar-refractivity contribution is -0.130. The van der Waals surface area contributed by atoms with Crippen LogP contribution in [0.2, 0.25) is 0 Å². The summed E-state index contributed by atoms with van der Waals surface area (Å²) in [6, 6.07) is 1.72. The first kappa shape index (κ1) is 14.5. The first-order valence-electron chi connectivity index (χ1n) is 6.59. The number of rotatable bonds is 3. The van der Waals surface area contributed by atoms with Crippen molar-refractivity contribution in [1.82, 2.24) is 15.2 Å². The van der Waals surface area contributed by atoms with Crippen LogP contribution in [0.1, 0.15) is 28.8 Å². The summed E-state index contributed by atoms with van der Waals surface area (Å²) in [7, 11) is 0. The van der Waals surface area contributed by atoms with Crippen LogP contribution >= 0.6 is 0 Å². The van der Waals surface area contributed by atoms with E-state index in [-0.39, 0.29) is 11.8 Å². The lowest BCUT2D eigenvalue weighted by Crippen LogP contribution is -2.47. The van der Waals surface area contributed by atoms with E-state index in [1.54, 1.807) is 19.9 Å². The molecule has 110 valence electrons. The molecule has 3 N–H and O–H groups in total. The third kappa shape index (κ3) is 3.17. The molecule has 1 aliphatic heterocycles. The van der Waals surface area contributed by atoms with Crippen molar-refractivity contribution in [3.05, 3.63) is 23.2 Å². The average Bonchev–Trinajstić information content (AvgIpc) is 2.79. The third-order valence-electron chi connectivity index (χ3n) is 3.54. The minimum atomic E-state index is -0.348. The number of nitrogens with zero attached hydrogens (tertiary/aromatic N) is 2. The quantitative estimate of drug-likeness (QED) is 0.456. The molecule has 1 fully saturated rings. The maximum atomic E-state index is 11.5. The van der Waals surface area contributed by atoms with Gasteiger partial charge in [-0.05, 0) is 13.0 Å². The van der Waals surface area contributed by atoms with E-state index in [4.69, 9.17) is 10.3 Å². The standard InChI is InChI=1S/C13H20N4O3/c1-9-12(13(19)15-14)7-11(20-9)8-16-3-5-17(6-4-16)10(2)18/h7H,3-6,8,14H2,1-2H3,(H,15,19). The largest absolute Gasteiger partial charge is 0.464 e. The number of piperazine rings is 1. The number of amides is 2. The van der Waals surface area contributed by atoms with Gasteiger partial charge in [0.25, 0.3) is 5.91 Å². The second kappa shape index (κ2) is 6.06. The molecule has 1 saturated heterocycles. The molecule has 0 saturated carbocycles. The van der Waals surface area contributed by atoms with Crippen molar-refractivity contribution in [3.63, 3.8) is 0 Å². The van der Waals surface area contributed by atoms with Gasteiger partial charge in [-0.2, -0.15) is 0 Å². The van der Waals surface area contributed by atoms with Gasteiger partial charge in [0, 0.05) is 33.1 Å². The summed E-state index contributed by atoms with van der Waals surface area (Å²) in [6.45, 7) is 7.02. The number of nitrogens with two attached hydrogens (primary N) is 1. The van der Waals surface area contributed by atoms with Crippen LogP contribution in [0.25, 0.3) is 0 Å². The van der Waals surface area contributed by atoms with E-state index < -0.39 is 0 Å². The topological polar surface area (TPSA) is 91.8 Å². The zero-order chi connectivity index (χ0) is 14.7. The van der Waals surface area contributed by atoms with Crippen LogP contribution in [0.15, 0.2) is 10.5 Å².